The fraction of sp³-hybridized carbons (Fsp3) is 0.321. The van der Waals surface area contributed by atoms with Crippen molar-refractivity contribution in [3.63, 3.8) is 0 Å². The van der Waals surface area contributed by atoms with E-state index >= 15 is 0 Å². The Kier molecular flexibility index (Phi) is 16.5. The van der Waals surface area contributed by atoms with Crippen LogP contribution in [0.25, 0.3) is 0 Å². The standard InChI is InChI=1S/C27H27ClN4O4.C26H25ClN4O4/c1-17-14-23(13-10-21(17)9-6-19-4-5-19)29-25-30-26(34)32(15-18(2)24(33)36-3)27(35)31(25)16-20-7-11-22(28)12-8-20;1-16-13-22(12-9-20(16)8-5-18-3-4-18)28-24-29-25(34)31(14-17(2)23(32)33)26(35)30(24)15-19-6-10-21(27)11-7-19/h7-8,10-14,18-19H,4-5,15-16H2,1-3H3,(H,29,30,34);6-7,9-13,17-18H,3-4,14-15H2,1-2H3,(H,32,33)(H,28,29,34)/t18-;17-/m00/s1. The van der Waals surface area contributed by atoms with Crippen LogP contribution in [0.4, 0.5) is 23.3 Å². The second kappa shape index (κ2) is 22.8. The summed E-state index contributed by atoms with van der Waals surface area (Å²) in [7, 11) is 1.26. The molecule has 71 heavy (non-hydrogen) atoms. The van der Waals surface area contributed by atoms with Crippen LogP contribution in [-0.2, 0) is 40.5 Å². The molecule has 0 aliphatic heterocycles. The molecule has 2 aliphatic carbocycles. The summed E-state index contributed by atoms with van der Waals surface area (Å²) in [6, 6.07) is 25.2. The van der Waals surface area contributed by atoms with Crippen LogP contribution in [0.15, 0.2) is 104 Å². The average Bonchev–Trinajstić information content (AvgIpc) is 4.29. The van der Waals surface area contributed by atoms with E-state index in [1.165, 1.54) is 23.2 Å². The van der Waals surface area contributed by atoms with Gasteiger partial charge in [-0.05, 0) is 122 Å². The van der Waals surface area contributed by atoms with Gasteiger partial charge >= 0.3 is 34.7 Å². The van der Waals surface area contributed by atoms with Crippen LogP contribution >= 0.6 is 23.2 Å². The number of carbonyl (C=O) groups excluding carboxylic acids is 1. The van der Waals surface area contributed by atoms with Crippen LogP contribution < -0.4 is 33.4 Å². The normalized spacial score (nSPS) is 13.5. The highest BCUT2D eigenvalue weighted by Crippen LogP contribution is 2.29. The summed E-state index contributed by atoms with van der Waals surface area (Å²) in [6.07, 6.45) is 4.62. The first-order valence-corrected chi connectivity index (χ1v) is 23.7. The maximum absolute atomic E-state index is 13.4. The maximum Gasteiger partial charge on any atom is 0.354 e. The van der Waals surface area contributed by atoms with Crippen molar-refractivity contribution in [3.8, 4) is 23.7 Å². The van der Waals surface area contributed by atoms with Crippen molar-refractivity contribution in [2.75, 3.05) is 17.7 Å². The van der Waals surface area contributed by atoms with Gasteiger partial charge in [-0.3, -0.25) is 18.7 Å². The molecule has 6 aromatic rings. The summed E-state index contributed by atoms with van der Waals surface area (Å²) in [4.78, 5) is 83.7. The maximum atomic E-state index is 13.4. The number of halogens is 2. The number of aliphatic carboxylic acids is 1. The number of ether oxygens (including phenoxy) is 1. The molecule has 0 unspecified atom stereocenters. The van der Waals surface area contributed by atoms with E-state index in [0.29, 0.717) is 33.3 Å². The lowest BCUT2D eigenvalue weighted by molar-refractivity contribution is -0.145. The molecule has 2 heterocycles. The number of rotatable bonds is 14. The highest BCUT2D eigenvalue weighted by Gasteiger charge is 2.23. The van der Waals surface area contributed by atoms with E-state index in [0.717, 1.165) is 68.2 Å². The number of methoxy groups -OCH3 is 1. The van der Waals surface area contributed by atoms with Crippen molar-refractivity contribution in [3.05, 3.63) is 170 Å². The monoisotopic (exact) mass is 998 g/mol. The molecule has 2 fully saturated rings. The fourth-order valence-corrected chi connectivity index (χ4v) is 7.38. The van der Waals surface area contributed by atoms with Gasteiger partial charge in [0.15, 0.2) is 0 Å². The van der Waals surface area contributed by atoms with E-state index in [4.69, 9.17) is 27.9 Å². The summed E-state index contributed by atoms with van der Waals surface area (Å²) in [6.45, 7) is 6.74. The third-order valence-corrected chi connectivity index (χ3v) is 12.2. The van der Waals surface area contributed by atoms with Gasteiger partial charge in [0.05, 0.1) is 32.0 Å². The number of hydrogen-bond donors (Lipinski definition) is 3. The lowest BCUT2D eigenvalue weighted by Gasteiger charge is -2.17. The molecule has 8 rings (SSSR count). The first kappa shape index (κ1) is 51.2. The quantitative estimate of drug-likeness (QED) is 0.0724. The highest BCUT2D eigenvalue weighted by molar-refractivity contribution is 6.30. The minimum Gasteiger partial charge on any atom is -0.481 e. The SMILES string of the molecule is COC(=O)[C@@H](C)Cn1c(=O)nc(Nc2ccc(C#CC3CC3)c(C)c2)n(Cc2ccc(Cl)cc2)c1=O.Cc1cc(Nc2nc(=O)n(C[C@H](C)C(=O)O)c(=O)n2Cc2ccc(Cl)cc2)ccc1C#CC1CC1. The number of carbonyl (C=O) groups is 2. The molecule has 2 saturated carbocycles. The van der Waals surface area contributed by atoms with Crippen molar-refractivity contribution in [2.45, 2.75) is 79.6 Å². The smallest absolute Gasteiger partial charge is 0.354 e. The van der Waals surface area contributed by atoms with Crippen LogP contribution in [0.5, 0.6) is 0 Å². The Hall–Kier alpha value is -7.66. The van der Waals surface area contributed by atoms with Crippen molar-refractivity contribution in [2.24, 2.45) is 23.7 Å². The molecule has 0 radical (unpaired) electrons. The van der Waals surface area contributed by atoms with Crippen LogP contribution in [0.3, 0.4) is 0 Å². The topological polar surface area (TPSA) is 201 Å². The van der Waals surface area contributed by atoms with E-state index < -0.39 is 46.5 Å². The number of benzene rings is 4. The summed E-state index contributed by atoms with van der Waals surface area (Å²) in [5, 5.41) is 16.6. The van der Waals surface area contributed by atoms with E-state index in [1.54, 1.807) is 55.5 Å². The molecule has 0 amide bonds. The number of aryl methyl sites for hydroxylation is 2. The van der Waals surface area contributed by atoms with E-state index in [2.05, 4.69) is 44.3 Å². The second-order valence-corrected chi connectivity index (χ2v) is 18.6. The molecule has 0 spiro atoms. The molecule has 4 aromatic carbocycles. The Labute approximate surface area is 419 Å². The summed E-state index contributed by atoms with van der Waals surface area (Å²) >= 11 is 12.0. The average molecular weight is 1000 g/mol. The van der Waals surface area contributed by atoms with Gasteiger partial charge in [-0.15, -0.1) is 0 Å². The molecule has 2 aromatic heterocycles. The molecule has 366 valence electrons. The molecule has 0 bridgehead atoms. The van der Waals surface area contributed by atoms with Crippen molar-refractivity contribution in [1.82, 2.24) is 28.2 Å². The molecule has 16 nitrogen and oxygen atoms in total. The van der Waals surface area contributed by atoms with Gasteiger partial charge in [-0.2, -0.15) is 9.97 Å². The van der Waals surface area contributed by atoms with Gasteiger partial charge in [0, 0.05) is 57.5 Å². The van der Waals surface area contributed by atoms with Gasteiger partial charge in [0.25, 0.3) is 0 Å². The first-order valence-electron chi connectivity index (χ1n) is 23.0. The van der Waals surface area contributed by atoms with Crippen LogP contribution in [0.1, 0.15) is 72.9 Å². The number of nitrogens with one attached hydrogen (secondary N) is 2. The minimum absolute atomic E-state index is 0.0605. The van der Waals surface area contributed by atoms with Gasteiger partial charge in [-0.1, -0.05) is 85.0 Å². The van der Waals surface area contributed by atoms with Gasteiger partial charge in [0.2, 0.25) is 11.9 Å². The molecule has 2 aliphatic rings. The number of aromatic nitrogens is 6. The second-order valence-electron chi connectivity index (χ2n) is 17.7. The lowest BCUT2D eigenvalue weighted by Crippen LogP contribution is -2.44. The largest absolute Gasteiger partial charge is 0.481 e. The summed E-state index contributed by atoms with van der Waals surface area (Å²) in [5.74, 6) is 10.8. The highest BCUT2D eigenvalue weighted by atomic mass is 35.5. The number of carboxylic acids is 1. The Balaban J connectivity index is 0.000000209. The van der Waals surface area contributed by atoms with Crippen LogP contribution in [0.2, 0.25) is 10.0 Å². The number of hydrogen-bond acceptors (Lipinski definition) is 11. The molecule has 2 atom stereocenters. The van der Waals surface area contributed by atoms with E-state index in [1.807, 2.05) is 50.2 Å². The van der Waals surface area contributed by atoms with Crippen molar-refractivity contribution < 1.29 is 19.4 Å². The first-order chi connectivity index (χ1) is 34.0. The van der Waals surface area contributed by atoms with Gasteiger partial charge < -0.3 is 20.5 Å². The number of anilines is 4. The van der Waals surface area contributed by atoms with Crippen molar-refractivity contribution >= 4 is 58.4 Å². The Bertz CT molecular complexity index is 3350. The predicted octanol–water partition coefficient (Wildman–Crippen LogP) is 7.37. The van der Waals surface area contributed by atoms with Gasteiger partial charge in [0.1, 0.15) is 0 Å². The zero-order valence-electron chi connectivity index (χ0n) is 39.8. The Morgan fingerprint density at radius 2 is 1.04 bits per heavy atom. The number of nitrogens with zero attached hydrogens (tertiary/aromatic N) is 6. The van der Waals surface area contributed by atoms with E-state index in [9.17, 15) is 33.9 Å². The van der Waals surface area contributed by atoms with E-state index in [-0.39, 0.29) is 38.1 Å². The molecule has 18 heteroatoms. The predicted molar refractivity (Wildman–Crippen MR) is 273 cm³/mol. The third-order valence-electron chi connectivity index (χ3n) is 11.7. The summed E-state index contributed by atoms with van der Waals surface area (Å²) in [5.41, 5.74) is 3.84. The molecule has 3 N–H and O–H groups in total. The number of esters is 1. The Morgan fingerprint density at radius 3 is 1.39 bits per heavy atom. The zero-order chi connectivity index (χ0) is 50.9. The lowest BCUT2D eigenvalue weighted by atomic mass is 10.1. The summed E-state index contributed by atoms with van der Waals surface area (Å²) < 4.78 is 9.22. The van der Waals surface area contributed by atoms with Crippen LogP contribution in [-0.4, -0.2) is 52.4 Å². The molecular weight excluding hydrogens is 948 g/mol. The Morgan fingerprint density at radius 1 is 0.648 bits per heavy atom. The van der Waals surface area contributed by atoms with Crippen molar-refractivity contribution in [1.29, 1.82) is 0 Å². The van der Waals surface area contributed by atoms with Gasteiger partial charge in [-0.25, -0.2) is 28.3 Å². The minimum atomic E-state index is -1.11. The number of carboxylic acid groups (broad SMARTS) is 1. The van der Waals surface area contributed by atoms with Crippen LogP contribution in [0, 0.1) is 61.2 Å². The third kappa shape index (κ3) is 13.8. The zero-order valence-corrected chi connectivity index (χ0v) is 41.3. The molecule has 0 saturated heterocycles. The molecular formula is C53H52Cl2N8O8. The fourth-order valence-electron chi connectivity index (χ4n) is 7.13.